The minimum atomic E-state index is -0.123. The first-order valence-corrected chi connectivity index (χ1v) is 8.30. The van der Waals surface area contributed by atoms with Crippen LogP contribution in [0.4, 0.5) is 0 Å². The van der Waals surface area contributed by atoms with Crippen molar-refractivity contribution in [2.45, 2.75) is 45.8 Å². The molecule has 2 N–H and O–H groups in total. The second kappa shape index (κ2) is 6.55. The monoisotopic (exact) mass is 308 g/mol. The molecule has 0 saturated carbocycles. The molecule has 120 valence electrons. The van der Waals surface area contributed by atoms with Crippen LogP contribution in [-0.4, -0.2) is 10.8 Å². The summed E-state index contributed by atoms with van der Waals surface area (Å²) >= 11 is 0. The van der Waals surface area contributed by atoms with Crippen LogP contribution in [-0.2, 0) is 17.9 Å². The average molecular weight is 308 g/mol. The maximum atomic E-state index is 12.1. The second-order valence-corrected chi connectivity index (χ2v) is 6.36. The van der Waals surface area contributed by atoms with Crippen molar-refractivity contribution in [1.82, 2.24) is 4.90 Å². The van der Waals surface area contributed by atoms with Gasteiger partial charge in [0.15, 0.2) is 0 Å². The van der Waals surface area contributed by atoms with Gasteiger partial charge in [0.2, 0.25) is 5.91 Å². The Balaban J connectivity index is 1.82. The van der Waals surface area contributed by atoms with Crippen molar-refractivity contribution < 1.29 is 4.79 Å². The van der Waals surface area contributed by atoms with Gasteiger partial charge in [-0.3, -0.25) is 4.79 Å². The molecule has 3 nitrogen and oxygen atoms in total. The highest BCUT2D eigenvalue weighted by Crippen LogP contribution is 2.29. The Morgan fingerprint density at radius 3 is 2.65 bits per heavy atom. The number of benzene rings is 2. The third kappa shape index (κ3) is 3.15. The standard InChI is InChI=1S/C20H24N2O/c1-3-6-19(23)22-12-16-10-9-15(11-17(16)13-22)20(21)18-8-5-4-7-14(18)2/h4-5,7-11,20H,3,6,12-13,21H2,1-2H3. The molecule has 1 unspecified atom stereocenters. The summed E-state index contributed by atoms with van der Waals surface area (Å²) in [5.41, 5.74) is 12.4. The van der Waals surface area contributed by atoms with Gasteiger partial charge in [0.25, 0.3) is 0 Å². The first-order chi connectivity index (χ1) is 11.1. The molecule has 0 bridgehead atoms. The Hall–Kier alpha value is -2.13. The van der Waals surface area contributed by atoms with E-state index in [4.69, 9.17) is 5.73 Å². The summed E-state index contributed by atoms with van der Waals surface area (Å²) in [4.78, 5) is 14.0. The molecular formula is C20H24N2O. The van der Waals surface area contributed by atoms with E-state index < -0.39 is 0 Å². The number of hydrogen-bond acceptors (Lipinski definition) is 2. The molecule has 1 aliphatic rings. The van der Waals surface area contributed by atoms with E-state index in [0.29, 0.717) is 13.0 Å². The van der Waals surface area contributed by atoms with Gasteiger partial charge in [0.05, 0.1) is 6.04 Å². The first-order valence-electron chi connectivity index (χ1n) is 8.30. The number of nitrogens with two attached hydrogens (primary N) is 1. The number of aryl methyl sites for hydroxylation is 1. The van der Waals surface area contributed by atoms with Gasteiger partial charge in [-0.1, -0.05) is 49.4 Å². The average Bonchev–Trinajstić information content (AvgIpc) is 2.98. The van der Waals surface area contributed by atoms with E-state index in [1.165, 1.54) is 16.7 Å². The Bertz CT molecular complexity index is 723. The molecule has 0 radical (unpaired) electrons. The van der Waals surface area contributed by atoms with Gasteiger partial charge in [-0.15, -0.1) is 0 Å². The van der Waals surface area contributed by atoms with E-state index in [0.717, 1.165) is 24.1 Å². The lowest BCUT2D eigenvalue weighted by Crippen LogP contribution is -2.24. The van der Waals surface area contributed by atoms with Crippen molar-refractivity contribution in [2.75, 3.05) is 0 Å². The Labute approximate surface area is 138 Å². The van der Waals surface area contributed by atoms with Gasteiger partial charge in [-0.2, -0.15) is 0 Å². The van der Waals surface area contributed by atoms with Gasteiger partial charge < -0.3 is 10.6 Å². The lowest BCUT2D eigenvalue weighted by molar-refractivity contribution is -0.131. The fraction of sp³-hybridized carbons (Fsp3) is 0.350. The summed E-state index contributed by atoms with van der Waals surface area (Å²) in [5.74, 6) is 0.244. The van der Waals surface area contributed by atoms with Gasteiger partial charge >= 0.3 is 0 Å². The summed E-state index contributed by atoms with van der Waals surface area (Å²) in [5, 5.41) is 0. The molecule has 3 heteroatoms. The number of fused-ring (bicyclic) bond motifs is 1. The molecule has 1 amide bonds. The minimum Gasteiger partial charge on any atom is -0.334 e. The van der Waals surface area contributed by atoms with Crippen LogP contribution in [0.5, 0.6) is 0 Å². The fourth-order valence-electron chi connectivity index (χ4n) is 3.27. The number of carbonyl (C=O) groups is 1. The Morgan fingerprint density at radius 2 is 1.91 bits per heavy atom. The Kier molecular flexibility index (Phi) is 4.49. The van der Waals surface area contributed by atoms with E-state index in [1.807, 2.05) is 24.0 Å². The number of nitrogens with zero attached hydrogens (tertiary/aromatic N) is 1. The summed E-state index contributed by atoms with van der Waals surface area (Å²) in [6.07, 6.45) is 1.53. The van der Waals surface area contributed by atoms with Crippen LogP contribution in [0.25, 0.3) is 0 Å². The number of hydrogen-bond donors (Lipinski definition) is 1. The molecule has 0 saturated heterocycles. The molecule has 0 spiro atoms. The summed E-state index contributed by atoms with van der Waals surface area (Å²) in [6.45, 7) is 5.57. The van der Waals surface area contributed by atoms with Crippen LogP contribution in [0.2, 0.25) is 0 Å². The van der Waals surface area contributed by atoms with Crippen molar-refractivity contribution in [3.8, 4) is 0 Å². The lowest BCUT2D eigenvalue weighted by atomic mass is 9.94. The SMILES string of the molecule is CCCC(=O)N1Cc2ccc(C(N)c3ccccc3C)cc2C1. The van der Waals surface area contributed by atoms with Crippen LogP contribution in [0.3, 0.4) is 0 Å². The van der Waals surface area contributed by atoms with Crippen molar-refractivity contribution in [3.05, 3.63) is 70.3 Å². The predicted octanol–water partition coefficient (Wildman–Crippen LogP) is 3.69. The zero-order valence-electron chi connectivity index (χ0n) is 13.9. The quantitative estimate of drug-likeness (QED) is 0.936. The number of amides is 1. The van der Waals surface area contributed by atoms with Crippen LogP contribution >= 0.6 is 0 Å². The van der Waals surface area contributed by atoms with Gasteiger partial charge in [0.1, 0.15) is 0 Å². The van der Waals surface area contributed by atoms with Crippen LogP contribution in [0.15, 0.2) is 42.5 Å². The topological polar surface area (TPSA) is 46.3 Å². The van der Waals surface area contributed by atoms with Crippen molar-refractivity contribution >= 4 is 5.91 Å². The fourth-order valence-corrected chi connectivity index (χ4v) is 3.27. The molecule has 1 aliphatic heterocycles. The molecule has 0 fully saturated rings. The van der Waals surface area contributed by atoms with Gasteiger partial charge in [-0.05, 0) is 41.2 Å². The lowest BCUT2D eigenvalue weighted by Gasteiger charge is -2.16. The molecule has 1 heterocycles. The molecule has 0 aliphatic carbocycles. The van der Waals surface area contributed by atoms with Crippen molar-refractivity contribution in [3.63, 3.8) is 0 Å². The molecule has 0 aromatic heterocycles. The third-order valence-corrected chi connectivity index (χ3v) is 4.65. The van der Waals surface area contributed by atoms with E-state index in [9.17, 15) is 4.79 Å². The number of rotatable bonds is 4. The smallest absolute Gasteiger partial charge is 0.223 e. The van der Waals surface area contributed by atoms with E-state index in [1.54, 1.807) is 0 Å². The summed E-state index contributed by atoms with van der Waals surface area (Å²) in [7, 11) is 0. The normalized spacial score (nSPS) is 14.7. The van der Waals surface area contributed by atoms with E-state index in [-0.39, 0.29) is 11.9 Å². The van der Waals surface area contributed by atoms with E-state index in [2.05, 4.69) is 37.3 Å². The molecule has 2 aromatic carbocycles. The molecule has 23 heavy (non-hydrogen) atoms. The van der Waals surface area contributed by atoms with Gasteiger partial charge in [0, 0.05) is 19.5 Å². The van der Waals surface area contributed by atoms with Crippen molar-refractivity contribution in [2.24, 2.45) is 5.73 Å². The summed E-state index contributed by atoms with van der Waals surface area (Å²) < 4.78 is 0. The predicted molar refractivity (Wildman–Crippen MR) is 92.8 cm³/mol. The number of carbonyl (C=O) groups excluding carboxylic acids is 1. The summed E-state index contributed by atoms with van der Waals surface area (Å²) in [6, 6.07) is 14.5. The minimum absolute atomic E-state index is 0.123. The first kappa shape index (κ1) is 15.8. The van der Waals surface area contributed by atoms with Crippen LogP contribution in [0, 0.1) is 6.92 Å². The maximum Gasteiger partial charge on any atom is 0.223 e. The molecular weight excluding hydrogens is 284 g/mol. The third-order valence-electron chi connectivity index (χ3n) is 4.65. The van der Waals surface area contributed by atoms with Crippen molar-refractivity contribution in [1.29, 1.82) is 0 Å². The zero-order valence-corrected chi connectivity index (χ0v) is 13.9. The van der Waals surface area contributed by atoms with Gasteiger partial charge in [-0.25, -0.2) is 0 Å². The van der Waals surface area contributed by atoms with Crippen LogP contribution < -0.4 is 5.73 Å². The second-order valence-electron chi connectivity index (χ2n) is 6.36. The van der Waals surface area contributed by atoms with E-state index >= 15 is 0 Å². The highest BCUT2D eigenvalue weighted by Gasteiger charge is 2.23. The molecule has 2 aromatic rings. The molecule has 3 rings (SSSR count). The molecule has 1 atom stereocenters. The maximum absolute atomic E-state index is 12.1. The highest BCUT2D eigenvalue weighted by atomic mass is 16.2. The zero-order chi connectivity index (χ0) is 16.4. The highest BCUT2D eigenvalue weighted by molar-refractivity contribution is 5.77. The van der Waals surface area contributed by atoms with Crippen LogP contribution in [0.1, 0.15) is 53.6 Å². The largest absolute Gasteiger partial charge is 0.334 e. The Morgan fingerprint density at radius 1 is 1.17 bits per heavy atom.